The summed E-state index contributed by atoms with van der Waals surface area (Å²) in [6.07, 6.45) is 8.25. The van der Waals surface area contributed by atoms with Gasteiger partial charge in [-0.05, 0) is 132 Å². The second kappa shape index (κ2) is 11.3. The van der Waals surface area contributed by atoms with Crippen LogP contribution in [0.2, 0.25) is 0 Å². The molecule has 0 unspecified atom stereocenters. The van der Waals surface area contributed by atoms with E-state index < -0.39 is 0 Å². The molecule has 2 saturated carbocycles. The van der Waals surface area contributed by atoms with E-state index in [1.165, 1.54) is 115 Å². The zero-order valence-corrected chi connectivity index (χ0v) is 28.9. The summed E-state index contributed by atoms with van der Waals surface area (Å²) in [5, 5.41) is 7.83. The zero-order chi connectivity index (χ0) is 33.5. The molecule has 11 rings (SSSR count). The molecule has 0 heteroatoms. The monoisotopic (exact) mass is 652 g/mol. The van der Waals surface area contributed by atoms with E-state index >= 15 is 0 Å². The molecule has 244 valence electrons. The van der Waals surface area contributed by atoms with E-state index in [-0.39, 0.29) is 5.41 Å². The Bertz CT molecular complexity index is 2570. The summed E-state index contributed by atoms with van der Waals surface area (Å²) >= 11 is 0. The van der Waals surface area contributed by atoms with Crippen LogP contribution in [-0.4, -0.2) is 0 Å². The maximum Gasteiger partial charge on any atom is 0.0271 e. The summed E-state index contributed by atoms with van der Waals surface area (Å²) in [7, 11) is 0. The molecule has 0 saturated heterocycles. The second-order valence-electron chi connectivity index (χ2n) is 15.4. The summed E-state index contributed by atoms with van der Waals surface area (Å²) in [5.74, 6) is 1.51. The lowest BCUT2D eigenvalue weighted by Crippen LogP contribution is -2.47. The van der Waals surface area contributed by atoms with Gasteiger partial charge in [-0.25, -0.2) is 0 Å². The molecule has 2 bridgehead atoms. The van der Waals surface area contributed by atoms with Crippen LogP contribution in [0.4, 0.5) is 0 Å². The van der Waals surface area contributed by atoms with Gasteiger partial charge in [0.15, 0.2) is 0 Å². The lowest BCUT2D eigenvalue weighted by Gasteiger charge is -2.52. The first-order chi connectivity index (χ1) is 25.3. The molecule has 0 heterocycles. The van der Waals surface area contributed by atoms with Gasteiger partial charge in [0, 0.05) is 5.41 Å². The number of rotatable bonds is 3. The minimum atomic E-state index is 0.188. The zero-order valence-electron chi connectivity index (χ0n) is 28.9. The third kappa shape index (κ3) is 4.14. The normalized spacial score (nSPS) is 20.5. The van der Waals surface area contributed by atoms with Crippen molar-refractivity contribution in [2.75, 3.05) is 0 Å². The third-order valence-electron chi connectivity index (χ3n) is 13.1. The average Bonchev–Trinajstić information content (AvgIpc) is 3.46. The Morgan fingerprint density at radius 1 is 0.353 bits per heavy atom. The molecule has 1 spiro atoms. The summed E-state index contributed by atoms with van der Waals surface area (Å²) < 4.78 is 0. The molecule has 0 N–H and O–H groups in total. The van der Waals surface area contributed by atoms with Gasteiger partial charge in [0.1, 0.15) is 0 Å². The fourth-order valence-corrected chi connectivity index (χ4v) is 11.2. The van der Waals surface area contributed by atoms with E-state index in [0.29, 0.717) is 0 Å². The highest BCUT2D eigenvalue weighted by Crippen LogP contribution is 2.64. The Balaban J connectivity index is 1.11. The number of hydrogen-bond donors (Lipinski definition) is 0. The van der Waals surface area contributed by atoms with Crippen LogP contribution in [0.3, 0.4) is 0 Å². The van der Waals surface area contributed by atoms with Gasteiger partial charge < -0.3 is 0 Å². The smallest absolute Gasteiger partial charge is 0.0271 e. The fraction of sp³-hybridized carbons (Fsp3) is 0.176. The molecule has 0 radical (unpaired) electrons. The number of benzene rings is 8. The van der Waals surface area contributed by atoms with Gasteiger partial charge in [-0.1, -0.05) is 165 Å². The average molecular weight is 653 g/mol. The largest absolute Gasteiger partial charge is 0.0619 e. The SMILES string of the molecule is c1ccc2c(c1)-c1cc(-c3c4ccccc4c(-c4ccc(-c5cccc6ccccc56)cc4)c4ccccc34)ccc1C21C2CCCC1CCC2. The Labute approximate surface area is 300 Å². The molecule has 3 aliphatic carbocycles. The lowest BCUT2D eigenvalue weighted by molar-refractivity contribution is 0.0873. The molecule has 51 heavy (non-hydrogen) atoms. The highest BCUT2D eigenvalue weighted by Gasteiger charge is 2.55. The molecule has 8 aromatic carbocycles. The van der Waals surface area contributed by atoms with Crippen LogP contribution >= 0.6 is 0 Å². The van der Waals surface area contributed by atoms with Crippen molar-refractivity contribution in [3.05, 3.63) is 169 Å². The van der Waals surface area contributed by atoms with E-state index in [0.717, 1.165) is 11.8 Å². The highest BCUT2D eigenvalue weighted by atomic mass is 14.6. The lowest BCUT2D eigenvalue weighted by atomic mass is 9.51. The van der Waals surface area contributed by atoms with Gasteiger partial charge >= 0.3 is 0 Å². The molecule has 8 aromatic rings. The van der Waals surface area contributed by atoms with Crippen LogP contribution in [0.1, 0.15) is 49.7 Å². The summed E-state index contributed by atoms with van der Waals surface area (Å²) in [6.45, 7) is 0. The molecule has 0 aromatic heterocycles. The van der Waals surface area contributed by atoms with Gasteiger partial charge in [0.2, 0.25) is 0 Å². The molecule has 3 aliphatic rings. The molecule has 0 aliphatic heterocycles. The minimum Gasteiger partial charge on any atom is -0.0619 e. The summed E-state index contributed by atoms with van der Waals surface area (Å²) in [5.41, 5.74) is 14.1. The third-order valence-corrected chi connectivity index (χ3v) is 13.1. The molecule has 0 amide bonds. The van der Waals surface area contributed by atoms with Crippen molar-refractivity contribution in [2.45, 2.75) is 43.9 Å². The van der Waals surface area contributed by atoms with Crippen molar-refractivity contribution in [2.24, 2.45) is 11.8 Å². The standard InChI is InChI=1S/C51H40/c1-2-18-39-33(12-1)13-9-24-40(39)34-26-28-35(29-27-34)49-42-20-3-5-22-44(42)50(45-23-6-4-21-43(45)49)36-30-31-48-46(32-36)41-19-7-8-25-47(41)51(48)37-14-10-15-38(51)17-11-16-37/h1-9,12-13,18-32,37-38H,10-11,14-17H2. The topological polar surface area (TPSA) is 0 Å². The maximum absolute atomic E-state index is 2.57. The van der Waals surface area contributed by atoms with Crippen molar-refractivity contribution in [3.63, 3.8) is 0 Å². The van der Waals surface area contributed by atoms with Crippen molar-refractivity contribution in [3.8, 4) is 44.5 Å². The Hall–Kier alpha value is -5.46. The van der Waals surface area contributed by atoms with Gasteiger partial charge in [0.05, 0.1) is 0 Å². The highest BCUT2D eigenvalue weighted by molar-refractivity contribution is 6.21. The van der Waals surface area contributed by atoms with Crippen LogP contribution in [0.25, 0.3) is 76.8 Å². The van der Waals surface area contributed by atoms with Crippen molar-refractivity contribution < 1.29 is 0 Å². The van der Waals surface area contributed by atoms with E-state index in [2.05, 4.69) is 158 Å². The summed E-state index contributed by atoms with van der Waals surface area (Å²) in [4.78, 5) is 0. The molecular weight excluding hydrogens is 613 g/mol. The van der Waals surface area contributed by atoms with Gasteiger partial charge in [-0.15, -0.1) is 0 Å². The second-order valence-corrected chi connectivity index (χ2v) is 15.4. The molecular formula is C51H40. The van der Waals surface area contributed by atoms with Gasteiger partial charge in [-0.2, -0.15) is 0 Å². The van der Waals surface area contributed by atoms with Crippen LogP contribution in [0.15, 0.2) is 158 Å². The van der Waals surface area contributed by atoms with E-state index in [9.17, 15) is 0 Å². The number of fused-ring (bicyclic) bond motifs is 6. The molecule has 0 nitrogen and oxygen atoms in total. The molecule has 2 fully saturated rings. The van der Waals surface area contributed by atoms with Gasteiger partial charge in [-0.3, -0.25) is 0 Å². The molecule has 0 atom stereocenters. The predicted molar refractivity (Wildman–Crippen MR) is 216 cm³/mol. The fourth-order valence-electron chi connectivity index (χ4n) is 11.2. The quantitative estimate of drug-likeness (QED) is 0.167. The predicted octanol–water partition coefficient (Wildman–Crippen LogP) is 14.0. The van der Waals surface area contributed by atoms with Gasteiger partial charge in [0.25, 0.3) is 0 Å². The van der Waals surface area contributed by atoms with E-state index in [1.54, 1.807) is 11.1 Å². The van der Waals surface area contributed by atoms with Crippen molar-refractivity contribution in [1.29, 1.82) is 0 Å². The van der Waals surface area contributed by atoms with Crippen molar-refractivity contribution in [1.82, 2.24) is 0 Å². The van der Waals surface area contributed by atoms with Crippen LogP contribution in [0, 0.1) is 11.8 Å². The first kappa shape index (κ1) is 29.3. The maximum atomic E-state index is 2.57. The Morgan fingerprint density at radius 3 is 1.49 bits per heavy atom. The first-order valence-corrected chi connectivity index (χ1v) is 19.1. The Kier molecular flexibility index (Phi) is 6.47. The van der Waals surface area contributed by atoms with Crippen LogP contribution in [-0.2, 0) is 5.41 Å². The van der Waals surface area contributed by atoms with E-state index in [1.807, 2.05) is 0 Å². The first-order valence-electron chi connectivity index (χ1n) is 19.1. The van der Waals surface area contributed by atoms with Crippen LogP contribution < -0.4 is 0 Å². The van der Waals surface area contributed by atoms with Crippen molar-refractivity contribution >= 4 is 32.3 Å². The minimum absolute atomic E-state index is 0.188. The summed E-state index contributed by atoms with van der Waals surface area (Å²) in [6, 6.07) is 59.9. The van der Waals surface area contributed by atoms with E-state index in [4.69, 9.17) is 0 Å². The Morgan fingerprint density at radius 2 is 0.824 bits per heavy atom. The van der Waals surface area contributed by atoms with Crippen LogP contribution in [0.5, 0.6) is 0 Å². The number of hydrogen-bond acceptors (Lipinski definition) is 0.